The molecule has 2 aromatic rings. The molecule has 0 radical (unpaired) electrons. The normalized spacial score (nSPS) is 16.8. The third-order valence-electron chi connectivity index (χ3n) is 6.48. The summed E-state index contributed by atoms with van der Waals surface area (Å²) in [5.41, 5.74) is 5.22. The van der Waals surface area contributed by atoms with Crippen molar-refractivity contribution in [2.45, 2.75) is 71.2 Å². The van der Waals surface area contributed by atoms with E-state index in [0.29, 0.717) is 23.5 Å². The maximum absolute atomic E-state index is 13.6. The SMILES string of the molecule is Cc1cc(C)c(S(=O)(=O)N2CCCC[C@@H]2CCNC(=O)C(=O)Nc2ccc(C)c(C)c2)c(C)c1. The van der Waals surface area contributed by atoms with Crippen LogP contribution < -0.4 is 10.6 Å². The first-order valence-electron chi connectivity index (χ1n) is 11.8. The number of hydrogen-bond donors (Lipinski definition) is 2. The van der Waals surface area contributed by atoms with Crippen molar-refractivity contribution in [3.8, 4) is 0 Å². The number of nitrogens with zero attached hydrogens (tertiary/aromatic N) is 1. The summed E-state index contributed by atoms with van der Waals surface area (Å²) in [4.78, 5) is 25.0. The number of carbonyl (C=O) groups excluding carboxylic acids is 2. The predicted octanol–water partition coefficient (Wildman–Crippen LogP) is 3.92. The standard InChI is InChI=1S/C26H35N3O4S/c1-17-14-20(4)24(21(5)15-17)34(32,33)29-13-7-6-8-23(29)11-12-27-25(30)26(31)28-22-10-9-18(2)19(3)16-22/h9-10,14-16,23H,6-8,11-13H2,1-5H3,(H,27,30)(H,28,31)/t23-/m1/s1. The molecule has 0 aliphatic carbocycles. The zero-order valence-corrected chi connectivity index (χ0v) is 21.5. The van der Waals surface area contributed by atoms with E-state index in [4.69, 9.17) is 0 Å². The van der Waals surface area contributed by atoms with E-state index >= 15 is 0 Å². The maximum atomic E-state index is 13.6. The van der Waals surface area contributed by atoms with Crippen LogP contribution in [0, 0.1) is 34.6 Å². The molecule has 2 N–H and O–H groups in total. The summed E-state index contributed by atoms with van der Waals surface area (Å²) < 4.78 is 28.8. The van der Waals surface area contributed by atoms with Crippen molar-refractivity contribution in [2.24, 2.45) is 0 Å². The lowest BCUT2D eigenvalue weighted by molar-refractivity contribution is -0.136. The molecule has 0 bridgehead atoms. The molecule has 1 aliphatic rings. The first-order valence-corrected chi connectivity index (χ1v) is 13.2. The number of carbonyl (C=O) groups is 2. The summed E-state index contributed by atoms with van der Waals surface area (Å²) in [7, 11) is -3.66. The molecule has 1 atom stereocenters. The lowest BCUT2D eigenvalue weighted by Gasteiger charge is -2.35. The molecule has 2 amide bonds. The Kier molecular flexibility index (Phi) is 8.15. The van der Waals surface area contributed by atoms with Crippen LogP contribution in [0.4, 0.5) is 5.69 Å². The van der Waals surface area contributed by atoms with E-state index in [-0.39, 0.29) is 12.6 Å². The molecule has 0 spiro atoms. The van der Waals surface area contributed by atoms with E-state index < -0.39 is 21.8 Å². The Morgan fingerprint density at radius 2 is 1.59 bits per heavy atom. The molecule has 1 saturated heterocycles. The third-order valence-corrected chi connectivity index (χ3v) is 8.74. The minimum Gasteiger partial charge on any atom is -0.348 e. The highest BCUT2D eigenvalue weighted by atomic mass is 32.2. The van der Waals surface area contributed by atoms with Crippen LogP contribution in [0.15, 0.2) is 35.2 Å². The molecular weight excluding hydrogens is 450 g/mol. The maximum Gasteiger partial charge on any atom is 0.313 e. The quantitative estimate of drug-likeness (QED) is 0.607. The van der Waals surface area contributed by atoms with Gasteiger partial charge in [0.2, 0.25) is 10.0 Å². The molecule has 7 nitrogen and oxygen atoms in total. The fourth-order valence-corrected chi connectivity index (χ4v) is 6.85. The van der Waals surface area contributed by atoms with Crippen LogP contribution in [0.25, 0.3) is 0 Å². The largest absolute Gasteiger partial charge is 0.348 e. The molecular formula is C26H35N3O4S. The average molecular weight is 486 g/mol. The molecule has 184 valence electrons. The fourth-order valence-electron chi connectivity index (χ4n) is 4.71. The number of amides is 2. The van der Waals surface area contributed by atoms with E-state index in [1.54, 1.807) is 10.4 Å². The van der Waals surface area contributed by atoms with Crippen LogP contribution in [0.2, 0.25) is 0 Å². The average Bonchev–Trinajstić information content (AvgIpc) is 2.75. The van der Waals surface area contributed by atoms with Gasteiger partial charge in [-0.3, -0.25) is 9.59 Å². The summed E-state index contributed by atoms with van der Waals surface area (Å²) in [6, 6.07) is 9.04. The van der Waals surface area contributed by atoms with Gasteiger partial charge >= 0.3 is 11.8 Å². The minimum atomic E-state index is -3.66. The Hall–Kier alpha value is -2.71. The monoisotopic (exact) mass is 485 g/mol. The van der Waals surface area contributed by atoms with Crippen molar-refractivity contribution in [3.63, 3.8) is 0 Å². The van der Waals surface area contributed by atoms with Gasteiger partial charge in [-0.05, 0) is 88.3 Å². The van der Waals surface area contributed by atoms with Crippen LogP contribution >= 0.6 is 0 Å². The van der Waals surface area contributed by atoms with Gasteiger partial charge in [-0.1, -0.05) is 30.2 Å². The van der Waals surface area contributed by atoms with E-state index in [2.05, 4.69) is 10.6 Å². The summed E-state index contributed by atoms with van der Waals surface area (Å²) >= 11 is 0. The van der Waals surface area contributed by atoms with Gasteiger partial charge in [0, 0.05) is 24.8 Å². The van der Waals surface area contributed by atoms with Crippen molar-refractivity contribution >= 4 is 27.5 Å². The zero-order chi connectivity index (χ0) is 25.0. The van der Waals surface area contributed by atoms with Gasteiger partial charge in [-0.15, -0.1) is 0 Å². The highest BCUT2D eigenvalue weighted by molar-refractivity contribution is 7.89. The summed E-state index contributed by atoms with van der Waals surface area (Å²) in [6.45, 7) is 10.2. The van der Waals surface area contributed by atoms with Gasteiger partial charge in [0.25, 0.3) is 0 Å². The number of benzene rings is 2. The molecule has 0 saturated carbocycles. The molecule has 1 heterocycles. The van der Waals surface area contributed by atoms with Crippen molar-refractivity contribution in [1.29, 1.82) is 0 Å². The lowest BCUT2D eigenvalue weighted by Crippen LogP contribution is -2.46. The predicted molar refractivity (Wildman–Crippen MR) is 134 cm³/mol. The Balaban J connectivity index is 1.63. The van der Waals surface area contributed by atoms with Crippen molar-refractivity contribution in [2.75, 3.05) is 18.4 Å². The van der Waals surface area contributed by atoms with Crippen LogP contribution in [0.5, 0.6) is 0 Å². The highest BCUT2D eigenvalue weighted by Gasteiger charge is 2.35. The lowest BCUT2D eigenvalue weighted by atomic mass is 10.0. The molecule has 2 aromatic carbocycles. The van der Waals surface area contributed by atoms with E-state index in [1.165, 1.54) is 0 Å². The second-order valence-electron chi connectivity index (χ2n) is 9.29. The highest BCUT2D eigenvalue weighted by Crippen LogP contribution is 2.31. The smallest absolute Gasteiger partial charge is 0.313 e. The number of anilines is 1. The Morgan fingerprint density at radius 1 is 0.912 bits per heavy atom. The van der Waals surface area contributed by atoms with Crippen LogP contribution in [-0.4, -0.2) is 43.7 Å². The van der Waals surface area contributed by atoms with Crippen molar-refractivity contribution in [1.82, 2.24) is 9.62 Å². The van der Waals surface area contributed by atoms with Gasteiger partial charge in [-0.2, -0.15) is 4.31 Å². The van der Waals surface area contributed by atoms with Crippen LogP contribution in [0.3, 0.4) is 0 Å². The first kappa shape index (κ1) is 25.9. The molecule has 3 rings (SSSR count). The summed E-state index contributed by atoms with van der Waals surface area (Å²) in [6.07, 6.45) is 2.92. The summed E-state index contributed by atoms with van der Waals surface area (Å²) in [5, 5.41) is 5.26. The van der Waals surface area contributed by atoms with Gasteiger partial charge < -0.3 is 10.6 Å². The number of nitrogens with one attached hydrogen (secondary N) is 2. The molecule has 1 aliphatic heterocycles. The Bertz CT molecular complexity index is 1170. The van der Waals surface area contributed by atoms with Gasteiger partial charge in [-0.25, -0.2) is 8.42 Å². The van der Waals surface area contributed by atoms with Gasteiger partial charge in [0.1, 0.15) is 0 Å². The molecule has 0 unspecified atom stereocenters. The number of sulfonamides is 1. The molecule has 8 heteroatoms. The Labute approximate surface area is 203 Å². The van der Waals surface area contributed by atoms with E-state index in [0.717, 1.165) is 47.1 Å². The first-order chi connectivity index (χ1) is 16.0. The van der Waals surface area contributed by atoms with Crippen molar-refractivity contribution in [3.05, 3.63) is 58.1 Å². The van der Waals surface area contributed by atoms with Crippen LogP contribution in [0.1, 0.15) is 53.5 Å². The number of piperidine rings is 1. The number of aryl methyl sites for hydroxylation is 5. The molecule has 1 fully saturated rings. The van der Waals surface area contributed by atoms with Gasteiger partial charge in [0.05, 0.1) is 4.90 Å². The topological polar surface area (TPSA) is 95.6 Å². The van der Waals surface area contributed by atoms with Crippen molar-refractivity contribution < 1.29 is 18.0 Å². The van der Waals surface area contributed by atoms with Gasteiger partial charge in [0.15, 0.2) is 0 Å². The van der Waals surface area contributed by atoms with E-state index in [1.807, 2.05) is 58.9 Å². The second-order valence-corrected chi connectivity index (χ2v) is 11.1. The third kappa shape index (κ3) is 5.85. The molecule has 0 aromatic heterocycles. The summed E-state index contributed by atoms with van der Waals surface area (Å²) in [5.74, 6) is -1.46. The number of rotatable bonds is 6. The fraction of sp³-hybridized carbons (Fsp3) is 0.462. The minimum absolute atomic E-state index is 0.220. The zero-order valence-electron chi connectivity index (χ0n) is 20.7. The second kappa shape index (κ2) is 10.7. The Morgan fingerprint density at radius 3 is 2.24 bits per heavy atom. The molecule has 34 heavy (non-hydrogen) atoms. The van der Waals surface area contributed by atoms with Crippen LogP contribution in [-0.2, 0) is 19.6 Å². The van der Waals surface area contributed by atoms with E-state index in [9.17, 15) is 18.0 Å². The number of hydrogen-bond acceptors (Lipinski definition) is 4.